The largest absolute Gasteiger partial charge is 0.393 e. The van der Waals surface area contributed by atoms with Crippen LogP contribution in [-0.2, 0) is 11.3 Å². The molecular formula is C19H31NO2. The standard InChI is InChI=1S/C19H31NO2/c1-2-3-4-5-6-10-13-18(21)14-15-19(22)20-16-17-11-8-7-9-12-17/h7-9,11-12,18,21H,2-6,10,13-16H2,1H3,(H,20,22). The lowest BCUT2D eigenvalue weighted by Gasteiger charge is -2.10. The highest BCUT2D eigenvalue weighted by Gasteiger charge is 2.08. The molecule has 1 aromatic carbocycles. The van der Waals surface area contributed by atoms with Crippen LogP contribution in [0.4, 0.5) is 0 Å². The van der Waals surface area contributed by atoms with E-state index >= 15 is 0 Å². The monoisotopic (exact) mass is 305 g/mol. The third-order valence-corrected chi connectivity index (χ3v) is 3.93. The van der Waals surface area contributed by atoms with E-state index < -0.39 is 0 Å². The minimum absolute atomic E-state index is 0.0193. The lowest BCUT2D eigenvalue weighted by atomic mass is 10.0. The molecule has 22 heavy (non-hydrogen) atoms. The van der Waals surface area contributed by atoms with Gasteiger partial charge in [0.1, 0.15) is 0 Å². The van der Waals surface area contributed by atoms with Crippen LogP contribution >= 0.6 is 0 Å². The first-order chi connectivity index (χ1) is 10.7. The van der Waals surface area contributed by atoms with Gasteiger partial charge >= 0.3 is 0 Å². The zero-order chi connectivity index (χ0) is 16.0. The summed E-state index contributed by atoms with van der Waals surface area (Å²) in [4.78, 5) is 11.7. The number of rotatable bonds is 12. The highest BCUT2D eigenvalue weighted by molar-refractivity contribution is 5.75. The molecule has 0 aliphatic rings. The third kappa shape index (κ3) is 9.56. The van der Waals surface area contributed by atoms with E-state index in [9.17, 15) is 9.90 Å². The van der Waals surface area contributed by atoms with E-state index in [1.54, 1.807) is 0 Å². The summed E-state index contributed by atoms with van der Waals surface area (Å²) in [7, 11) is 0. The summed E-state index contributed by atoms with van der Waals surface area (Å²) in [5.41, 5.74) is 1.10. The summed E-state index contributed by atoms with van der Waals surface area (Å²) < 4.78 is 0. The van der Waals surface area contributed by atoms with E-state index in [-0.39, 0.29) is 12.0 Å². The van der Waals surface area contributed by atoms with E-state index in [0.29, 0.717) is 19.4 Å². The fourth-order valence-electron chi connectivity index (χ4n) is 2.49. The molecule has 1 aromatic rings. The zero-order valence-electron chi connectivity index (χ0n) is 13.9. The van der Waals surface area contributed by atoms with Crippen molar-refractivity contribution < 1.29 is 9.90 Å². The second kappa shape index (κ2) is 12.2. The summed E-state index contributed by atoms with van der Waals surface area (Å²) in [6.45, 7) is 2.78. The Balaban J connectivity index is 2.01. The molecular weight excluding hydrogens is 274 g/mol. The highest BCUT2D eigenvalue weighted by atomic mass is 16.3. The van der Waals surface area contributed by atoms with Crippen LogP contribution in [0, 0.1) is 0 Å². The first-order valence-electron chi connectivity index (χ1n) is 8.71. The second-order valence-corrected chi connectivity index (χ2v) is 6.01. The molecule has 0 fully saturated rings. The Kier molecular flexibility index (Phi) is 10.4. The van der Waals surface area contributed by atoms with Gasteiger partial charge in [-0.1, -0.05) is 75.8 Å². The maximum atomic E-state index is 11.7. The number of carbonyl (C=O) groups is 1. The van der Waals surface area contributed by atoms with E-state index in [1.807, 2.05) is 30.3 Å². The molecule has 1 rings (SSSR count). The Morgan fingerprint density at radius 3 is 2.45 bits per heavy atom. The number of amides is 1. The topological polar surface area (TPSA) is 49.3 Å². The van der Waals surface area contributed by atoms with Crippen LogP contribution in [0.2, 0.25) is 0 Å². The van der Waals surface area contributed by atoms with Crippen LogP contribution in [0.5, 0.6) is 0 Å². The normalized spacial score (nSPS) is 12.1. The number of aliphatic hydroxyl groups excluding tert-OH is 1. The number of benzene rings is 1. The first kappa shape index (κ1) is 18.7. The Morgan fingerprint density at radius 1 is 1.05 bits per heavy atom. The van der Waals surface area contributed by atoms with Crippen molar-refractivity contribution in [3.05, 3.63) is 35.9 Å². The summed E-state index contributed by atoms with van der Waals surface area (Å²) in [5.74, 6) is 0.0193. The Hall–Kier alpha value is -1.35. The molecule has 1 unspecified atom stereocenters. The number of carbonyl (C=O) groups excluding carboxylic acids is 1. The Bertz CT molecular complexity index is 392. The number of hydrogen-bond donors (Lipinski definition) is 2. The number of aliphatic hydroxyl groups is 1. The molecule has 0 aliphatic carbocycles. The molecule has 3 heteroatoms. The summed E-state index contributed by atoms with van der Waals surface area (Å²) in [5, 5.41) is 12.8. The van der Waals surface area contributed by atoms with Crippen LogP contribution in [-0.4, -0.2) is 17.1 Å². The van der Waals surface area contributed by atoms with Crippen LogP contribution < -0.4 is 5.32 Å². The molecule has 0 heterocycles. The van der Waals surface area contributed by atoms with Gasteiger partial charge in [0, 0.05) is 13.0 Å². The van der Waals surface area contributed by atoms with E-state index in [4.69, 9.17) is 0 Å². The van der Waals surface area contributed by atoms with Crippen molar-refractivity contribution in [3.63, 3.8) is 0 Å². The van der Waals surface area contributed by atoms with Crippen molar-refractivity contribution in [2.45, 2.75) is 77.4 Å². The van der Waals surface area contributed by atoms with Crippen molar-refractivity contribution in [2.75, 3.05) is 0 Å². The highest BCUT2D eigenvalue weighted by Crippen LogP contribution is 2.11. The maximum absolute atomic E-state index is 11.7. The van der Waals surface area contributed by atoms with Gasteiger partial charge in [0.25, 0.3) is 0 Å². The van der Waals surface area contributed by atoms with Gasteiger partial charge < -0.3 is 10.4 Å². The summed E-state index contributed by atoms with van der Waals surface area (Å²) in [6, 6.07) is 9.88. The lowest BCUT2D eigenvalue weighted by Crippen LogP contribution is -2.24. The number of nitrogens with one attached hydrogen (secondary N) is 1. The fraction of sp³-hybridized carbons (Fsp3) is 0.632. The molecule has 124 valence electrons. The molecule has 1 amide bonds. The van der Waals surface area contributed by atoms with Gasteiger partial charge in [-0.25, -0.2) is 0 Å². The minimum atomic E-state index is -0.339. The van der Waals surface area contributed by atoms with E-state index in [0.717, 1.165) is 18.4 Å². The van der Waals surface area contributed by atoms with Crippen LogP contribution in [0.25, 0.3) is 0 Å². The molecule has 0 bridgehead atoms. The summed E-state index contributed by atoms with van der Waals surface area (Å²) >= 11 is 0. The van der Waals surface area contributed by atoms with Crippen LogP contribution in [0.3, 0.4) is 0 Å². The van der Waals surface area contributed by atoms with Gasteiger partial charge in [-0.15, -0.1) is 0 Å². The summed E-state index contributed by atoms with van der Waals surface area (Å²) in [6.07, 6.45) is 8.84. The van der Waals surface area contributed by atoms with Gasteiger partial charge in [0.2, 0.25) is 5.91 Å². The molecule has 0 saturated heterocycles. The van der Waals surface area contributed by atoms with E-state index in [1.165, 1.54) is 32.1 Å². The fourth-order valence-corrected chi connectivity index (χ4v) is 2.49. The van der Waals surface area contributed by atoms with Gasteiger partial charge in [-0.05, 0) is 18.4 Å². The third-order valence-electron chi connectivity index (χ3n) is 3.93. The maximum Gasteiger partial charge on any atom is 0.220 e. The molecule has 3 nitrogen and oxygen atoms in total. The number of unbranched alkanes of at least 4 members (excludes halogenated alkanes) is 5. The quantitative estimate of drug-likeness (QED) is 0.569. The molecule has 1 atom stereocenters. The molecule has 2 N–H and O–H groups in total. The van der Waals surface area contributed by atoms with Crippen molar-refractivity contribution in [1.82, 2.24) is 5.32 Å². The van der Waals surface area contributed by atoms with Crippen molar-refractivity contribution in [3.8, 4) is 0 Å². The SMILES string of the molecule is CCCCCCCCC(O)CCC(=O)NCc1ccccc1. The average Bonchev–Trinajstić information content (AvgIpc) is 2.55. The Morgan fingerprint density at radius 2 is 1.73 bits per heavy atom. The molecule has 0 radical (unpaired) electrons. The second-order valence-electron chi connectivity index (χ2n) is 6.01. The zero-order valence-corrected chi connectivity index (χ0v) is 13.9. The van der Waals surface area contributed by atoms with Gasteiger partial charge in [0.15, 0.2) is 0 Å². The molecule has 0 saturated carbocycles. The van der Waals surface area contributed by atoms with Gasteiger partial charge in [-0.3, -0.25) is 4.79 Å². The predicted octanol–water partition coefficient (Wildman–Crippen LogP) is 4.19. The van der Waals surface area contributed by atoms with Gasteiger partial charge in [0.05, 0.1) is 6.10 Å². The minimum Gasteiger partial charge on any atom is -0.393 e. The lowest BCUT2D eigenvalue weighted by molar-refractivity contribution is -0.121. The van der Waals surface area contributed by atoms with Crippen LogP contribution in [0.15, 0.2) is 30.3 Å². The van der Waals surface area contributed by atoms with E-state index in [2.05, 4.69) is 12.2 Å². The van der Waals surface area contributed by atoms with Crippen molar-refractivity contribution in [2.24, 2.45) is 0 Å². The van der Waals surface area contributed by atoms with Crippen molar-refractivity contribution in [1.29, 1.82) is 0 Å². The first-order valence-corrected chi connectivity index (χ1v) is 8.71. The molecule has 0 spiro atoms. The van der Waals surface area contributed by atoms with Crippen LogP contribution in [0.1, 0.15) is 70.3 Å². The predicted molar refractivity (Wildman–Crippen MR) is 91.5 cm³/mol. The number of hydrogen-bond acceptors (Lipinski definition) is 2. The van der Waals surface area contributed by atoms with Crippen molar-refractivity contribution >= 4 is 5.91 Å². The molecule has 0 aliphatic heterocycles. The average molecular weight is 305 g/mol. The van der Waals surface area contributed by atoms with Gasteiger partial charge in [-0.2, -0.15) is 0 Å². The Labute approximate surface area is 135 Å². The smallest absolute Gasteiger partial charge is 0.220 e. The molecule has 0 aromatic heterocycles.